The molecule has 6 amide bonds. The molecule has 2 N–H and O–H groups in total. The van der Waals surface area contributed by atoms with Gasteiger partial charge in [0.15, 0.2) is 0 Å². The Morgan fingerprint density at radius 3 is 2.36 bits per heavy atom. The number of pyridine rings is 1. The minimum absolute atomic E-state index is 0.0397. The predicted molar refractivity (Wildman–Crippen MR) is 172 cm³/mol. The SMILES string of the molecule is O=C(N[C@H](Cc1ccc(Cl)cc1)C(=O)N1CCN2C(=O)N(CC(F)(F)F)C(=O)C2(Cc2ccccn2)C1)[C@@H]1Cc2ccccc2CN1C(=O)O. The van der Waals surface area contributed by atoms with Gasteiger partial charge in [0, 0.05) is 49.3 Å². The molecule has 3 aromatic rings. The maximum absolute atomic E-state index is 14.4. The van der Waals surface area contributed by atoms with Crippen LogP contribution in [0.4, 0.5) is 22.8 Å². The van der Waals surface area contributed by atoms with Gasteiger partial charge in [0.2, 0.25) is 11.8 Å². The first-order valence-electron chi connectivity index (χ1n) is 15.8. The Kier molecular flexibility index (Phi) is 9.44. The number of nitrogens with one attached hydrogen (secondary N) is 1. The molecule has 16 heteroatoms. The lowest BCUT2D eigenvalue weighted by atomic mass is 9.88. The molecule has 0 aliphatic carbocycles. The number of hydrogen-bond donors (Lipinski definition) is 2. The predicted octanol–water partition coefficient (Wildman–Crippen LogP) is 3.52. The molecule has 2 aromatic carbocycles. The molecule has 262 valence electrons. The van der Waals surface area contributed by atoms with Crippen LogP contribution in [0.15, 0.2) is 72.9 Å². The van der Waals surface area contributed by atoms with Gasteiger partial charge in [-0.3, -0.25) is 29.2 Å². The zero-order chi connectivity index (χ0) is 35.8. The van der Waals surface area contributed by atoms with Crippen molar-refractivity contribution in [2.45, 2.75) is 49.6 Å². The summed E-state index contributed by atoms with van der Waals surface area (Å²) in [7, 11) is 0. The van der Waals surface area contributed by atoms with Gasteiger partial charge in [0.1, 0.15) is 24.2 Å². The van der Waals surface area contributed by atoms with Crippen LogP contribution in [0.5, 0.6) is 0 Å². The second-order valence-electron chi connectivity index (χ2n) is 12.5. The lowest BCUT2D eigenvalue weighted by molar-refractivity contribution is -0.157. The number of carbonyl (C=O) groups excluding carboxylic acids is 4. The number of imide groups is 1. The Hall–Kier alpha value is -5.18. The van der Waals surface area contributed by atoms with Crippen LogP contribution in [0.25, 0.3) is 0 Å². The number of carboxylic acid groups (broad SMARTS) is 1. The third-order valence-corrected chi connectivity index (χ3v) is 9.53. The van der Waals surface area contributed by atoms with Crippen molar-refractivity contribution in [3.63, 3.8) is 0 Å². The van der Waals surface area contributed by atoms with Gasteiger partial charge >= 0.3 is 18.3 Å². The summed E-state index contributed by atoms with van der Waals surface area (Å²) < 4.78 is 40.6. The molecule has 2 fully saturated rings. The number of nitrogens with zero attached hydrogens (tertiary/aromatic N) is 5. The Labute approximate surface area is 289 Å². The number of fused-ring (bicyclic) bond motifs is 2. The van der Waals surface area contributed by atoms with E-state index < -0.39 is 66.7 Å². The second kappa shape index (κ2) is 13.6. The summed E-state index contributed by atoms with van der Waals surface area (Å²) in [4.78, 5) is 75.4. The average Bonchev–Trinajstić information content (AvgIpc) is 3.28. The summed E-state index contributed by atoms with van der Waals surface area (Å²) in [5.41, 5.74) is 0.555. The van der Waals surface area contributed by atoms with Gasteiger partial charge in [0.05, 0.1) is 13.1 Å². The molecule has 6 rings (SSSR count). The third-order valence-electron chi connectivity index (χ3n) is 9.28. The molecule has 1 unspecified atom stereocenters. The Morgan fingerprint density at radius 2 is 1.70 bits per heavy atom. The van der Waals surface area contributed by atoms with Crippen LogP contribution >= 0.6 is 11.6 Å². The fraction of sp³-hybridized carbons (Fsp3) is 0.353. The minimum atomic E-state index is -4.86. The molecule has 2 saturated heterocycles. The monoisotopic (exact) mass is 712 g/mol. The lowest BCUT2D eigenvalue weighted by Gasteiger charge is -2.45. The van der Waals surface area contributed by atoms with E-state index in [-0.39, 0.29) is 43.8 Å². The first-order valence-corrected chi connectivity index (χ1v) is 16.1. The number of hydrogen-bond acceptors (Lipinski definition) is 6. The van der Waals surface area contributed by atoms with Crippen molar-refractivity contribution >= 4 is 41.4 Å². The number of piperazine rings is 1. The fourth-order valence-corrected chi connectivity index (χ4v) is 7.03. The van der Waals surface area contributed by atoms with Crippen molar-refractivity contribution in [3.05, 3.63) is 100 Å². The van der Waals surface area contributed by atoms with E-state index in [4.69, 9.17) is 11.6 Å². The van der Waals surface area contributed by atoms with Crippen LogP contribution in [0.3, 0.4) is 0 Å². The largest absolute Gasteiger partial charge is 0.465 e. The number of urea groups is 1. The number of benzene rings is 2. The maximum atomic E-state index is 14.4. The Morgan fingerprint density at radius 1 is 1.00 bits per heavy atom. The highest BCUT2D eigenvalue weighted by molar-refractivity contribution is 6.30. The molecule has 3 atom stereocenters. The molecule has 0 saturated carbocycles. The van der Waals surface area contributed by atoms with E-state index in [0.29, 0.717) is 16.3 Å². The van der Waals surface area contributed by atoms with Crippen molar-refractivity contribution in [2.24, 2.45) is 0 Å². The third kappa shape index (κ3) is 6.95. The van der Waals surface area contributed by atoms with Gasteiger partial charge in [-0.05, 0) is 41.0 Å². The van der Waals surface area contributed by atoms with Crippen molar-refractivity contribution in [1.82, 2.24) is 29.9 Å². The highest BCUT2D eigenvalue weighted by Crippen LogP contribution is 2.37. The number of alkyl halides is 3. The van der Waals surface area contributed by atoms with Gasteiger partial charge in [-0.2, -0.15) is 13.2 Å². The highest BCUT2D eigenvalue weighted by atomic mass is 35.5. The smallest absolute Gasteiger partial charge is 0.408 e. The average molecular weight is 713 g/mol. The topological polar surface area (TPSA) is 143 Å². The van der Waals surface area contributed by atoms with Crippen molar-refractivity contribution in [2.75, 3.05) is 26.2 Å². The molecular weight excluding hydrogens is 681 g/mol. The maximum Gasteiger partial charge on any atom is 0.408 e. The summed E-state index contributed by atoms with van der Waals surface area (Å²) in [6.07, 6.45) is -5.00. The highest BCUT2D eigenvalue weighted by Gasteiger charge is 2.61. The quantitative estimate of drug-likeness (QED) is 0.341. The molecule has 0 radical (unpaired) electrons. The summed E-state index contributed by atoms with van der Waals surface area (Å²) in [5, 5.41) is 13.2. The van der Waals surface area contributed by atoms with E-state index in [1.54, 1.807) is 66.7 Å². The summed E-state index contributed by atoms with van der Waals surface area (Å²) in [5.74, 6) is -2.50. The van der Waals surface area contributed by atoms with Gasteiger partial charge in [0.25, 0.3) is 5.91 Å². The molecule has 50 heavy (non-hydrogen) atoms. The second-order valence-corrected chi connectivity index (χ2v) is 13.0. The van der Waals surface area contributed by atoms with Crippen LogP contribution < -0.4 is 5.32 Å². The van der Waals surface area contributed by atoms with Gasteiger partial charge < -0.3 is 20.2 Å². The van der Waals surface area contributed by atoms with Crippen LogP contribution in [0.2, 0.25) is 5.02 Å². The van der Waals surface area contributed by atoms with Gasteiger partial charge in [-0.1, -0.05) is 54.1 Å². The van der Waals surface area contributed by atoms with Crippen LogP contribution in [0, 0.1) is 0 Å². The van der Waals surface area contributed by atoms with E-state index in [2.05, 4.69) is 10.3 Å². The standard InChI is InChI=1S/C34H32ClF3N6O6/c35-24-10-8-21(9-11-24)15-26(40-28(45)27-16-22-5-1-2-6-23(22)18-42(27)32(49)50)29(46)41-13-14-44-31(48)43(20-34(36,37)38)30(47)33(44,19-41)17-25-7-3-4-12-39-25/h1-12,26-27H,13-20H2,(H,40,45)(H,49,50)/t26-,27+,33?/m1/s1. The molecule has 12 nitrogen and oxygen atoms in total. The fourth-order valence-electron chi connectivity index (χ4n) is 6.90. The molecule has 3 aliphatic heterocycles. The van der Waals surface area contributed by atoms with Crippen LogP contribution in [-0.2, 0) is 40.2 Å². The van der Waals surface area contributed by atoms with E-state index in [1.807, 2.05) is 0 Å². The number of amides is 6. The van der Waals surface area contributed by atoms with Crippen LogP contribution in [-0.4, -0.2) is 110 Å². The zero-order valence-electron chi connectivity index (χ0n) is 26.5. The van der Waals surface area contributed by atoms with E-state index in [9.17, 15) is 42.3 Å². The Bertz CT molecular complexity index is 1810. The molecule has 3 aliphatic rings. The number of halogens is 4. The minimum Gasteiger partial charge on any atom is -0.465 e. The molecule has 1 aromatic heterocycles. The summed E-state index contributed by atoms with van der Waals surface area (Å²) in [6.45, 7) is -2.70. The van der Waals surface area contributed by atoms with Gasteiger partial charge in [-0.25, -0.2) is 9.59 Å². The summed E-state index contributed by atoms with van der Waals surface area (Å²) >= 11 is 6.07. The zero-order valence-corrected chi connectivity index (χ0v) is 27.2. The van der Waals surface area contributed by atoms with Crippen molar-refractivity contribution in [1.29, 1.82) is 0 Å². The Balaban J connectivity index is 1.31. The van der Waals surface area contributed by atoms with Crippen LogP contribution in [0.1, 0.15) is 22.4 Å². The molecule has 0 spiro atoms. The molecule has 0 bridgehead atoms. The first-order chi connectivity index (χ1) is 23.8. The normalized spacial score (nSPS) is 21.1. The van der Waals surface area contributed by atoms with E-state index >= 15 is 0 Å². The summed E-state index contributed by atoms with van der Waals surface area (Å²) in [6, 6.07) is 14.9. The van der Waals surface area contributed by atoms with E-state index in [0.717, 1.165) is 20.9 Å². The number of aromatic nitrogens is 1. The lowest BCUT2D eigenvalue weighted by Crippen LogP contribution is -2.67. The number of carbonyl (C=O) groups is 5. The first kappa shape index (κ1) is 34.7. The van der Waals surface area contributed by atoms with Crippen molar-refractivity contribution in [3.8, 4) is 0 Å². The van der Waals surface area contributed by atoms with Gasteiger partial charge in [-0.15, -0.1) is 0 Å². The number of rotatable bonds is 8. The van der Waals surface area contributed by atoms with Crippen molar-refractivity contribution < 1.29 is 42.3 Å². The van der Waals surface area contributed by atoms with E-state index in [1.165, 1.54) is 11.1 Å². The molecule has 4 heterocycles. The molecular formula is C34H32ClF3N6O6.